The first-order valence-corrected chi connectivity index (χ1v) is 14.9. The fraction of sp³-hybridized carbons (Fsp3) is 0.214. The Morgan fingerprint density at radius 1 is 1.07 bits per heavy atom. The lowest BCUT2D eigenvalue weighted by molar-refractivity contribution is -0.145. The third-order valence-electron chi connectivity index (χ3n) is 7.45. The number of rotatable bonds is 6. The van der Waals surface area contributed by atoms with Gasteiger partial charge in [0.1, 0.15) is 16.0 Å². The Morgan fingerprint density at radius 3 is 2.52 bits per heavy atom. The third-order valence-corrected chi connectivity index (χ3v) is 10.9. The van der Waals surface area contributed by atoms with E-state index in [4.69, 9.17) is 16.3 Å². The molecule has 0 aliphatic carbocycles. The number of methoxy groups -OCH3 is 1. The topological polar surface area (TPSA) is 124 Å². The Kier molecular flexibility index (Phi) is 6.39. The molecule has 2 aliphatic heterocycles. The zero-order chi connectivity index (χ0) is 28.4. The molecule has 40 heavy (non-hydrogen) atoms. The quantitative estimate of drug-likeness (QED) is 0.340. The number of aliphatic carboxylic acids is 1. The number of aliphatic hydroxyl groups excluding tert-OH is 1. The van der Waals surface area contributed by atoms with Gasteiger partial charge in [-0.15, -0.1) is 11.3 Å². The van der Waals surface area contributed by atoms with Crippen LogP contribution in [0.25, 0.3) is 10.1 Å². The number of para-hydroxylation sites is 1. The molecule has 3 aromatic carbocycles. The number of carbonyl (C=O) groups is 2. The van der Waals surface area contributed by atoms with Gasteiger partial charge in [-0.05, 0) is 41.8 Å². The summed E-state index contributed by atoms with van der Waals surface area (Å²) in [5.74, 6) is -1.92. The van der Waals surface area contributed by atoms with Crippen LogP contribution >= 0.6 is 22.9 Å². The molecule has 2 N–H and O–H groups in total. The number of anilines is 1. The fourth-order valence-corrected chi connectivity index (χ4v) is 8.92. The second kappa shape index (κ2) is 9.57. The van der Waals surface area contributed by atoms with Crippen LogP contribution in [0.15, 0.2) is 77.0 Å². The van der Waals surface area contributed by atoms with Gasteiger partial charge in [-0.2, -0.15) is 12.7 Å². The normalized spacial score (nSPS) is 23.1. The van der Waals surface area contributed by atoms with Crippen molar-refractivity contribution in [2.24, 2.45) is 0 Å². The van der Waals surface area contributed by atoms with E-state index < -0.39 is 39.6 Å². The van der Waals surface area contributed by atoms with E-state index in [2.05, 4.69) is 0 Å². The maximum atomic E-state index is 14.9. The van der Waals surface area contributed by atoms with Gasteiger partial charge in [-0.1, -0.05) is 48.0 Å². The summed E-state index contributed by atoms with van der Waals surface area (Å²) in [5, 5.41) is 21.7. The first kappa shape index (κ1) is 26.7. The predicted molar refractivity (Wildman–Crippen MR) is 150 cm³/mol. The van der Waals surface area contributed by atoms with Gasteiger partial charge in [-0.3, -0.25) is 14.5 Å². The number of benzene rings is 3. The lowest BCUT2D eigenvalue weighted by Crippen LogP contribution is -2.58. The van der Waals surface area contributed by atoms with Crippen molar-refractivity contribution in [1.82, 2.24) is 4.90 Å². The van der Waals surface area contributed by atoms with Crippen molar-refractivity contribution >= 4 is 60.6 Å². The van der Waals surface area contributed by atoms with Gasteiger partial charge >= 0.3 is 5.97 Å². The summed E-state index contributed by atoms with van der Waals surface area (Å²) >= 11 is 7.47. The average molecular weight is 599 g/mol. The highest BCUT2D eigenvalue weighted by Gasteiger charge is 2.64. The minimum absolute atomic E-state index is 0.0447. The molecule has 4 aromatic rings. The summed E-state index contributed by atoms with van der Waals surface area (Å²) in [6.07, 6.45) is -1.23. The van der Waals surface area contributed by atoms with Crippen LogP contribution in [0.4, 0.5) is 5.69 Å². The van der Waals surface area contributed by atoms with Crippen molar-refractivity contribution in [2.45, 2.75) is 28.3 Å². The molecule has 0 bridgehead atoms. The number of amides is 1. The Labute approximate surface area is 238 Å². The van der Waals surface area contributed by atoms with E-state index in [9.17, 15) is 28.2 Å². The predicted octanol–water partition coefficient (Wildman–Crippen LogP) is 4.06. The molecule has 1 fully saturated rings. The first-order chi connectivity index (χ1) is 19.1. The number of hydrogen-bond donors (Lipinski definition) is 2. The zero-order valence-electron chi connectivity index (χ0n) is 21.0. The number of nitrogens with zero attached hydrogens (tertiary/aromatic N) is 2. The van der Waals surface area contributed by atoms with Crippen molar-refractivity contribution in [2.75, 3.05) is 18.0 Å². The van der Waals surface area contributed by atoms with Crippen LogP contribution in [0.2, 0.25) is 5.02 Å². The molecular formula is C28H23ClN2O7S2. The van der Waals surface area contributed by atoms with Crippen LogP contribution in [0.5, 0.6) is 5.75 Å². The fourth-order valence-electron chi connectivity index (χ4n) is 5.81. The molecule has 206 valence electrons. The lowest BCUT2D eigenvalue weighted by Gasteiger charge is -2.40. The highest BCUT2D eigenvalue weighted by atomic mass is 35.5. The van der Waals surface area contributed by atoms with E-state index in [0.29, 0.717) is 5.39 Å². The van der Waals surface area contributed by atoms with E-state index >= 15 is 0 Å². The number of β-amino-alcohol motifs (C(OH)–C–C–N with tert-alkyl or cyclic N) is 1. The first-order valence-electron chi connectivity index (χ1n) is 12.3. The number of sulfonamides is 1. The van der Waals surface area contributed by atoms with Gasteiger partial charge in [-0.25, -0.2) is 0 Å². The van der Waals surface area contributed by atoms with Gasteiger partial charge in [0.15, 0.2) is 5.54 Å². The number of halogens is 1. The van der Waals surface area contributed by atoms with Crippen molar-refractivity contribution in [3.05, 3.63) is 88.9 Å². The SMILES string of the molecule is COc1ccccc1C1(N2C[C@H](O)C[C@H]2C(=O)O)C(=O)N(S(=O)(=O)c2cc3ccccc3s2)c2ccc(Cl)cc21. The number of aliphatic hydroxyl groups is 1. The van der Waals surface area contributed by atoms with Crippen molar-refractivity contribution in [3.8, 4) is 5.75 Å². The zero-order valence-corrected chi connectivity index (χ0v) is 23.4. The van der Waals surface area contributed by atoms with Crippen LogP contribution in [0.1, 0.15) is 17.5 Å². The van der Waals surface area contributed by atoms with Crippen LogP contribution in [-0.4, -0.2) is 61.2 Å². The molecule has 0 spiro atoms. The molecule has 6 rings (SSSR count). The largest absolute Gasteiger partial charge is 0.496 e. The average Bonchev–Trinajstić information content (AvgIpc) is 3.61. The van der Waals surface area contributed by atoms with E-state index in [1.165, 1.54) is 36.3 Å². The monoisotopic (exact) mass is 598 g/mol. The van der Waals surface area contributed by atoms with E-state index in [0.717, 1.165) is 20.3 Å². The molecule has 1 saturated heterocycles. The third kappa shape index (κ3) is 3.76. The maximum absolute atomic E-state index is 14.9. The smallest absolute Gasteiger partial charge is 0.321 e. The lowest BCUT2D eigenvalue weighted by atomic mass is 9.81. The Morgan fingerprint density at radius 2 is 1.80 bits per heavy atom. The van der Waals surface area contributed by atoms with Gasteiger partial charge < -0.3 is 14.9 Å². The molecule has 3 heterocycles. The van der Waals surface area contributed by atoms with Crippen molar-refractivity contribution < 1.29 is 33.0 Å². The van der Waals surface area contributed by atoms with Crippen molar-refractivity contribution in [3.63, 3.8) is 0 Å². The number of hydrogen-bond acceptors (Lipinski definition) is 8. The molecule has 9 nitrogen and oxygen atoms in total. The van der Waals surface area contributed by atoms with E-state index in [1.54, 1.807) is 48.5 Å². The number of carboxylic acids is 1. The number of fused-ring (bicyclic) bond motifs is 2. The molecule has 0 radical (unpaired) electrons. The molecule has 12 heteroatoms. The van der Waals surface area contributed by atoms with E-state index in [1.807, 2.05) is 0 Å². The standard InChI is InChI=1S/C28H23ClN2O7S2/c1-38-23-8-4-3-7-19(23)28(30-15-18(32)14-22(30)26(33)34)20-13-17(29)10-11-21(20)31(27(28)35)40(36,37)25-12-16-6-2-5-9-24(16)39-25/h2-13,18,22,32H,14-15H2,1H3,(H,33,34)/t18-,22+,28?/m1/s1. The molecule has 1 amide bonds. The minimum Gasteiger partial charge on any atom is -0.496 e. The maximum Gasteiger partial charge on any atom is 0.321 e. The van der Waals surface area contributed by atoms with Crippen LogP contribution < -0.4 is 9.04 Å². The summed E-state index contributed by atoms with van der Waals surface area (Å²) in [7, 11) is -3.07. The van der Waals surface area contributed by atoms with Gasteiger partial charge in [0, 0.05) is 33.8 Å². The number of thiophene rings is 1. The Bertz CT molecular complexity index is 1760. The summed E-state index contributed by atoms with van der Waals surface area (Å²) in [5.41, 5.74) is -1.53. The molecule has 1 unspecified atom stereocenters. The summed E-state index contributed by atoms with van der Waals surface area (Å²) in [6.45, 7) is -0.205. The number of ether oxygens (including phenoxy) is 1. The van der Waals surface area contributed by atoms with E-state index in [-0.39, 0.29) is 44.8 Å². The van der Waals surface area contributed by atoms with Crippen LogP contribution in [-0.2, 0) is 25.2 Å². The summed E-state index contributed by atoms with van der Waals surface area (Å²) in [4.78, 5) is 28.7. The molecule has 1 aromatic heterocycles. The minimum atomic E-state index is -4.47. The second-order valence-electron chi connectivity index (χ2n) is 9.65. The van der Waals surface area contributed by atoms with Crippen LogP contribution in [0, 0.1) is 0 Å². The molecule has 0 saturated carbocycles. The Hall–Kier alpha value is -3.48. The second-order valence-corrected chi connectivity index (χ2v) is 13.2. The Balaban J connectivity index is 1.67. The van der Waals surface area contributed by atoms with Gasteiger partial charge in [0.25, 0.3) is 15.9 Å². The molecule has 3 atom stereocenters. The van der Waals surface area contributed by atoms with Gasteiger partial charge in [0.05, 0.1) is 18.9 Å². The number of likely N-dealkylation sites (tertiary alicyclic amines) is 1. The number of carboxylic acid groups (broad SMARTS) is 1. The molecular weight excluding hydrogens is 576 g/mol. The van der Waals surface area contributed by atoms with Crippen LogP contribution in [0.3, 0.4) is 0 Å². The summed E-state index contributed by atoms with van der Waals surface area (Å²) < 4.78 is 35.6. The number of carbonyl (C=O) groups excluding carboxylic acids is 1. The highest BCUT2D eigenvalue weighted by Crippen LogP contribution is 2.55. The molecule has 2 aliphatic rings. The highest BCUT2D eigenvalue weighted by molar-refractivity contribution is 7.95. The van der Waals surface area contributed by atoms with Gasteiger partial charge in [0.2, 0.25) is 0 Å². The summed E-state index contributed by atoms with van der Waals surface area (Å²) in [6, 6.07) is 18.3. The van der Waals surface area contributed by atoms with Crippen molar-refractivity contribution in [1.29, 1.82) is 0 Å².